The lowest BCUT2D eigenvalue weighted by molar-refractivity contribution is -0.127. The van der Waals surface area contributed by atoms with Crippen LogP contribution in [0.25, 0.3) is 0 Å². The molecule has 1 aliphatic rings. The average molecular weight is 256 g/mol. The molecule has 4 heteroatoms. The number of hydrogen-bond acceptors (Lipinski definition) is 3. The van der Waals surface area contributed by atoms with Crippen molar-refractivity contribution in [1.29, 1.82) is 0 Å². The van der Waals surface area contributed by atoms with E-state index in [0.29, 0.717) is 5.92 Å². The molecule has 0 aromatic heterocycles. The van der Waals surface area contributed by atoms with Crippen molar-refractivity contribution in [2.75, 3.05) is 13.6 Å². The Morgan fingerprint density at radius 3 is 2.50 bits per heavy atom. The van der Waals surface area contributed by atoms with Crippen molar-refractivity contribution in [3.05, 3.63) is 0 Å². The van der Waals surface area contributed by atoms with Crippen LogP contribution >= 0.6 is 0 Å². The van der Waals surface area contributed by atoms with Gasteiger partial charge in [-0.05, 0) is 53.0 Å². The molecule has 1 atom stereocenters. The summed E-state index contributed by atoms with van der Waals surface area (Å²) in [6.07, 6.45) is 2.55. The van der Waals surface area contributed by atoms with Gasteiger partial charge < -0.3 is 10.4 Å². The Kier molecular flexibility index (Phi) is 5.17. The van der Waals surface area contributed by atoms with E-state index in [1.807, 2.05) is 27.8 Å². The Morgan fingerprint density at radius 1 is 1.50 bits per heavy atom. The number of hydrogen-bond donors (Lipinski definition) is 2. The highest BCUT2D eigenvalue weighted by molar-refractivity contribution is 5.81. The van der Waals surface area contributed by atoms with Crippen molar-refractivity contribution in [3.63, 3.8) is 0 Å². The Labute approximate surface area is 111 Å². The number of rotatable bonds is 6. The van der Waals surface area contributed by atoms with E-state index in [9.17, 15) is 9.90 Å². The molecule has 0 spiro atoms. The van der Waals surface area contributed by atoms with Crippen LogP contribution in [0, 0.1) is 5.92 Å². The molecule has 4 nitrogen and oxygen atoms in total. The number of nitrogens with zero attached hydrogens (tertiary/aromatic N) is 1. The molecule has 0 aromatic rings. The molecular formula is C14H28N2O2. The van der Waals surface area contributed by atoms with Gasteiger partial charge in [-0.1, -0.05) is 6.92 Å². The number of carbonyl (C=O) groups excluding carboxylic acids is 1. The first kappa shape index (κ1) is 15.4. The van der Waals surface area contributed by atoms with Gasteiger partial charge in [0.25, 0.3) is 0 Å². The van der Waals surface area contributed by atoms with Gasteiger partial charge in [0, 0.05) is 12.1 Å². The second-order valence-electron chi connectivity index (χ2n) is 6.33. The zero-order valence-electron chi connectivity index (χ0n) is 12.4. The average Bonchev–Trinajstić information content (AvgIpc) is 2.25. The van der Waals surface area contributed by atoms with Gasteiger partial charge in [0.1, 0.15) is 0 Å². The summed E-state index contributed by atoms with van der Waals surface area (Å²) < 4.78 is 0. The summed E-state index contributed by atoms with van der Waals surface area (Å²) in [5, 5.41) is 12.3. The van der Waals surface area contributed by atoms with Crippen molar-refractivity contribution < 1.29 is 9.90 Å². The Morgan fingerprint density at radius 2 is 2.06 bits per heavy atom. The molecule has 1 rings (SSSR count). The molecule has 18 heavy (non-hydrogen) atoms. The maximum absolute atomic E-state index is 12.1. The Hall–Kier alpha value is -0.610. The minimum Gasteiger partial charge on any atom is -0.393 e. The van der Waals surface area contributed by atoms with Gasteiger partial charge in [-0.2, -0.15) is 0 Å². The van der Waals surface area contributed by atoms with E-state index in [4.69, 9.17) is 0 Å². The third-order valence-corrected chi connectivity index (χ3v) is 4.14. The van der Waals surface area contributed by atoms with Gasteiger partial charge >= 0.3 is 0 Å². The third-order valence-electron chi connectivity index (χ3n) is 4.14. The van der Waals surface area contributed by atoms with E-state index < -0.39 is 0 Å². The number of likely N-dealkylation sites (N-methyl/N-ethyl adjacent to an activating group) is 1. The van der Waals surface area contributed by atoms with E-state index in [0.717, 1.165) is 25.8 Å². The van der Waals surface area contributed by atoms with Crippen LogP contribution < -0.4 is 5.32 Å². The van der Waals surface area contributed by atoms with Crippen molar-refractivity contribution in [1.82, 2.24) is 10.2 Å². The van der Waals surface area contributed by atoms with Gasteiger partial charge in [0.15, 0.2) is 0 Å². The highest BCUT2D eigenvalue weighted by atomic mass is 16.3. The quantitative estimate of drug-likeness (QED) is 0.755. The zero-order valence-corrected chi connectivity index (χ0v) is 12.4. The molecule has 0 saturated heterocycles. The number of amides is 1. The SMILES string of the molecule is CCC(C)(C)NC(=O)C(C)N(C)CC1CC(O)C1. The summed E-state index contributed by atoms with van der Waals surface area (Å²) >= 11 is 0. The molecule has 0 aliphatic heterocycles. The highest BCUT2D eigenvalue weighted by Gasteiger charge is 2.31. The minimum absolute atomic E-state index is 0.0872. The predicted octanol–water partition coefficient (Wildman–Crippen LogP) is 1.38. The van der Waals surface area contributed by atoms with Crippen molar-refractivity contribution in [3.8, 4) is 0 Å². The molecule has 0 bridgehead atoms. The molecule has 1 unspecified atom stereocenters. The van der Waals surface area contributed by atoms with Crippen molar-refractivity contribution in [2.45, 2.75) is 64.6 Å². The monoisotopic (exact) mass is 256 g/mol. The summed E-state index contributed by atoms with van der Waals surface area (Å²) in [5.41, 5.74) is -0.140. The molecule has 0 heterocycles. The minimum atomic E-state index is -0.140. The number of nitrogens with one attached hydrogen (secondary N) is 1. The summed E-state index contributed by atoms with van der Waals surface area (Å²) in [7, 11) is 1.98. The first-order chi connectivity index (χ1) is 8.25. The molecule has 106 valence electrons. The first-order valence-electron chi connectivity index (χ1n) is 6.95. The lowest BCUT2D eigenvalue weighted by Crippen LogP contribution is -2.52. The highest BCUT2D eigenvalue weighted by Crippen LogP contribution is 2.28. The zero-order chi connectivity index (χ0) is 13.9. The smallest absolute Gasteiger partial charge is 0.237 e. The number of aliphatic hydroxyl groups excluding tert-OH is 1. The van der Waals surface area contributed by atoms with Crippen molar-refractivity contribution >= 4 is 5.91 Å². The lowest BCUT2D eigenvalue weighted by Gasteiger charge is -2.37. The van der Waals surface area contributed by atoms with Gasteiger partial charge in [-0.25, -0.2) is 0 Å². The first-order valence-corrected chi connectivity index (χ1v) is 6.95. The molecule has 0 aromatic carbocycles. The largest absolute Gasteiger partial charge is 0.393 e. The van der Waals surface area contributed by atoms with Gasteiger partial charge in [-0.15, -0.1) is 0 Å². The van der Waals surface area contributed by atoms with Crippen LogP contribution in [0.2, 0.25) is 0 Å². The van der Waals surface area contributed by atoms with Crippen LogP contribution in [0.4, 0.5) is 0 Å². The fourth-order valence-electron chi connectivity index (χ4n) is 2.14. The van der Waals surface area contributed by atoms with Crippen LogP contribution in [-0.2, 0) is 4.79 Å². The lowest BCUT2D eigenvalue weighted by atomic mass is 9.82. The molecule has 1 fully saturated rings. The standard InChI is InChI=1S/C14H28N2O2/c1-6-14(3,4)15-13(18)10(2)16(5)9-11-7-12(17)8-11/h10-12,17H,6-9H2,1-5H3,(H,15,18). The molecule has 2 N–H and O–H groups in total. The topological polar surface area (TPSA) is 52.6 Å². The number of carbonyl (C=O) groups is 1. The van der Waals surface area contributed by atoms with Crippen molar-refractivity contribution in [2.24, 2.45) is 5.92 Å². The van der Waals surface area contributed by atoms with Gasteiger partial charge in [0.05, 0.1) is 12.1 Å². The predicted molar refractivity (Wildman–Crippen MR) is 73.3 cm³/mol. The maximum Gasteiger partial charge on any atom is 0.237 e. The molecular weight excluding hydrogens is 228 g/mol. The molecule has 1 aliphatic carbocycles. The summed E-state index contributed by atoms with van der Waals surface area (Å²) in [5.74, 6) is 0.628. The van der Waals surface area contributed by atoms with Crippen LogP contribution in [-0.4, -0.2) is 47.2 Å². The normalized spacial score (nSPS) is 25.7. The second kappa shape index (κ2) is 6.02. The van der Waals surface area contributed by atoms with Crippen LogP contribution in [0.15, 0.2) is 0 Å². The third kappa shape index (κ3) is 4.25. The molecule has 1 amide bonds. The fourth-order valence-corrected chi connectivity index (χ4v) is 2.14. The number of aliphatic hydroxyl groups is 1. The fraction of sp³-hybridized carbons (Fsp3) is 0.929. The van der Waals surface area contributed by atoms with Gasteiger partial charge in [-0.3, -0.25) is 9.69 Å². The second-order valence-corrected chi connectivity index (χ2v) is 6.33. The molecule has 0 radical (unpaired) electrons. The van der Waals surface area contributed by atoms with E-state index in [1.165, 1.54) is 0 Å². The Balaban J connectivity index is 2.38. The van der Waals surface area contributed by atoms with E-state index in [2.05, 4.69) is 17.1 Å². The Bertz CT molecular complexity index is 286. The van der Waals surface area contributed by atoms with E-state index in [-0.39, 0.29) is 23.6 Å². The maximum atomic E-state index is 12.1. The van der Waals surface area contributed by atoms with E-state index >= 15 is 0 Å². The summed E-state index contributed by atoms with van der Waals surface area (Å²) in [6, 6.07) is -0.117. The van der Waals surface area contributed by atoms with Crippen LogP contribution in [0.5, 0.6) is 0 Å². The molecule has 1 saturated carbocycles. The van der Waals surface area contributed by atoms with E-state index in [1.54, 1.807) is 0 Å². The summed E-state index contributed by atoms with van der Waals surface area (Å²) in [4.78, 5) is 14.2. The van der Waals surface area contributed by atoms with Crippen LogP contribution in [0.1, 0.15) is 47.0 Å². The van der Waals surface area contributed by atoms with Gasteiger partial charge in [0.2, 0.25) is 5.91 Å². The summed E-state index contributed by atoms with van der Waals surface area (Å²) in [6.45, 7) is 8.98. The van der Waals surface area contributed by atoms with Crippen LogP contribution in [0.3, 0.4) is 0 Å².